The van der Waals surface area contributed by atoms with E-state index in [0.29, 0.717) is 6.04 Å². The number of nitrogens with zero attached hydrogens (tertiary/aromatic N) is 1. The molecule has 0 bridgehead atoms. The molecule has 1 aliphatic rings. The van der Waals surface area contributed by atoms with Crippen LogP contribution in [0.4, 0.5) is 0 Å². The van der Waals surface area contributed by atoms with Crippen molar-refractivity contribution < 1.29 is 0 Å². The third-order valence-corrected chi connectivity index (χ3v) is 4.40. The maximum Gasteiger partial charge on any atom is 0.0349 e. The Bertz CT molecular complexity index is 344. The van der Waals surface area contributed by atoms with E-state index in [4.69, 9.17) is 0 Å². The van der Waals surface area contributed by atoms with E-state index in [1.54, 1.807) is 0 Å². The summed E-state index contributed by atoms with van der Waals surface area (Å²) in [7, 11) is 0. The molecule has 3 heteroatoms. The van der Waals surface area contributed by atoms with Crippen molar-refractivity contribution in [3.8, 4) is 0 Å². The first-order valence-electron chi connectivity index (χ1n) is 6.94. The molecular weight excluding hydrogens is 240 g/mol. The quantitative estimate of drug-likeness (QED) is 0.823. The van der Waals surface area contributed by atoms with E-state index in [-0.39, 0.29) is 0 Å². The Morgan fingerprint density at radius 1 is 1.22 bits per heavy atom. The lowest BCUT2D eigenvalue weighted by Gasteiger charge is -2.35. The molecule has 1 aromatic carbocycles. The number of rotatable bonds is 5. The molecule has 100 valence electrons. The molecule has 0 spiro atoms. The number of piperazine rings is 1. The van der Waals surface area contributed by atoms with Gasteiger partial charge in [-0.1, -0.05) is 25.5 Å². The van der Waals surface area contributed by atoms with Gasteiger partial charge in [0.15, 0.2) is 0 Å². The average molecular weight is 264 g/mol. The van der Waals surface area contributed by atoms with Crippen LogP contribution in [0.2, 0.25) is 0 Å². The summed E-state index contributed by atoms with van der Waals surface area (Å²) >= 11 is 1.81. The maximum absolute atomic E-state index is 3.44. The van der Waals surface area contributed by atoms with E-state index in [1.807, 2.05) is 11.8 Å². The fourth-order valence-corrected chi connectivity index (χ4v) is 3.06. The minimum absolute atomic E-state index is 0.605. The minimum Gasteiger partial charge on any atom is -0.314 e. The van der Waals surface area contributed by atoms with Crippen LogP contribution < -0.4 is 5.32 Å². The second-order valence-electron chi connectivity index (χ2n) is 4.86. The Morgan fingerprint density at radius 2 is 1.89 bits per heavy atom. The van der Waals surface area contributed by atoms with Crippen LogP contribution in [0.3, 0.4) is 0 Å². The normalized spacial score (nSPS) is 18.8. The van der Waals surface area contributed by atoms with Gasteiger partial charge in [-0.2, -0.15) is 0 Å². The van der Waals surface area contributed by atoms with Crippen molar-refractivity contribution in [3.05, 3.63) is 29.8 Å². The van der Waals surface area contributed by atoms with Gasteiger partial charge in [0.05, 0.1) is 0 Å². The van der Waals surface area contributed by atoms with Gasteiger partial charge in [0.25, 0.3) is 0 Å². The van der Waals surface area contributed by atoms with Crippen molar-refractivity contribution in [1.82, 2.24) is 10.2 Å². The van der Waals surface area contributed by atoms with E-state index in [1.165, 1.54) is 36.4 Å². The van der Waals surface area contributed by atoms with E-state index in [9.17, 15) is 0 Å². The molecule has 1 aliphatic heterocycles. The molecule has 0 amide bonds. The summed E-state index contributed by atoms with van der Waals surface area (Å²) in [5.74, 6) is 0. The van der Waals surface area contributed by atoms with Gasteiger partial charge in [-0.3, -0.25) is 4.90 Å². The predicted molar refractivity (Wildman–Crippen MR) is 80.3 cm³/mol. The molecule has 1 heterocycles. The molecule has 0 radical (unpaired) electrons. The Hall–Kier alpha value is -0.510. The number of nitrogens with one attached hydrogen (secondary N) is 1. The van der Waals surface area contributed by atoms with Crippen LogP contribution in [-0.4, -0.2) is 37.3 Å². The van der Waals surface area contributed by atoms with Gasteiger partial charge in [-0.25, -0.2) is 0 Å². The molecule has 18 heavy (non-hydrogen) atoms. The summed E-state index contributed by atoms with van der Waals surface area (Å²) in [6.07, 6.45) is 4.65. The molecule has 0 unspecified atom stereocenters. The Labute approximate surface area is 115 Å². The lowest BCUT2D eigenvalue weighted by Crippen LogP contribution is -2.45. The third-order valence-electron chi connectivity index (χ3n) is 3.66. The van der Waals surface area contributed by atoms with Crippen LogP contribution in [0.1, 0.15) is 31.4 Å². The van der Waals surface area contributed by atoms with Crippen LogP contribution in [0.5, 0.6) is 0 Å². The van der Waals surface area contributed by atoms with Crippen molar-refractivity contribution in [1.29, 1.82) is 0 Å². The molecule has 1 saturated heterocycles. The molecule has 2 rings (SSSR count). The van der Waals surface area contributed by atoms with Crippen LogP contribution in [0, 0.1) is 0 Å². The summed E-state index contributed by atoms with van der Waals surface area (Å²) < 4.78 is 0. The summed E-state index contributed by atoms with van der Waals surface area (Å²) in [6, 6.07) is 9.74. The van der Waals surface area contributed by atoms with Gasteiger partial charge in [0.2, 0.25) is 0 Å². The second-order valence-corrected chi connectivity index (χ2v) is 5.74. The van der Waals surface area contributed by atoms with Crippen LogP contribution in [0.15, 0.2) is 29.2 Å². The molecule has 1 N–H and O–H groups in total. The van der Waals surface area contributed by atoms with Crippen LogP contribution >= 0.6 is 11.8 Å². The van der Waals surface area contributed by atoms with Gasteiger partial charge >= 0.3 is 0 Å². The zero-order valence-corrected chi connectivity index (χ0v) is 12.3. The Morgan fingerprint density at radius 3 is 2.44 bits per heavy atom. The maximum atomic E-state index is 3.44. The molecule has 1 aromatic rings. The van der Waals surface area contributed by atoms with Crippen molar-refractivity contribution in [3.63, 3.8) is 0 Å². The largest absolute Gasteiger partial charge is 0.314 e. The topological polar surface area (TPSA) is 15.3 Å². The number of benzene rings is 1. The SMILES string of the molecule is CCC[C@@H](c1ccc(SC)cc1)N1CCNCC1. The highest BCUT2D eigenvalue weighted by Crippen LogP contribution is 2.27. The summed E-state index contributed by atoms with van der Waals surface area (Å²) in [4.78, 5) is 3.99. The first-order chi connectivity index (χ1) is 8.85. The van der Waals surface area contributed by atoms with Gasteiger partial charge in [0.1, 0.15) is 0 Å². The standard InChI is InChI=1S/C15H24N2S/c1-3-4-15(17-11-9-16-10-12-17)13-5-7-14(18-2)8-6-13/h5-8,15-16H,3-4,9-12H2,1-2H3/t15-/m0/s1. The molecule has 0 saturated carbocycles. The molecule has 1 fully saturated rings. The Kier molecular flexibility index (Phi) is 5.54. The average Bonchev–Trinajstić information content (AvgIpc) is 2.46. The van der Waals surface area contributed by atoms with Crippen LogP contribution in [-0.2, 0) is 0 Å². The number of thioether (sulfide) groups is 1. The first-order valence-corrected chi connectivity index (χ1v) is 8.16. The van der Waals surface area contributed by atoms with Gasteiger partial charge < -0.3 is 5.32 Å². The van der Waals surface area contributed by atoms with Gasteiger partial charge in [-0.05, 0) is 30.4 Å². The zero-order valence-electron chi connectivity index (χ0n) is 11.5. The Balaban J connectivity index is 2.11. The van der Waals surface area contributed by atoms with E-state index >= 15 is 0 Å². The lowest BCUT2D eigenvalue weighted by atomic mass is 10.00. The first kappa shape index (κ1) is 13.9. The minimum atomic E-state index is 0.605. The highest BCUT2D eigenvalue weighted by molar-refractivity contribution is 7.98. The third kappa shape index (κ3) is 3.50. The summed E-state index contributed by atoms with van der Waals surface area (Å²) in [5, 5.41) is 3.44. The summed E-state index contributed by atoms with van der Waals surface area (Å²) in [6.45, 7) is 6.89. The number of hydrogen-bond donors (Lipinski definition) is 1. The second kappa shape index (κ2) is 7.17. The smallest absolute Gasteiger partial charge is 0.0349 e. The predicted octanol–water partition coefficient (Wildman–Crippen LogP) is 3.15. The summed E-state index contributed by atoms with van der Waals surface area (Å²) in [5.41, 5.74) is 1.48. The lowest BCUT2D eigenvalue weighted by molar-refractivity contribution is 0.164. The van der Waals surface area contributed by atoms with Crippen molar-refractivity contribution >= 4 is 11.8 Å². The van der Waals surface area contributed by atoms with E-state index in [0.717, 1.165) is 13.1 Å². The van der Waals surface area contributed by atoms with Crippen LogP contribution in [0.25, 0.3) is 0 Å². The van der Waals surface area contributed by atoms with Gasteiger partial charge in [-0.15, -0.1) is 11.8 Å². The molecule has 1 atom stereocenters. The zero-order chi connectivity index (χ0) is 12.8. The van der Waals surface area contributed by atoms with Crippen molar-refractivity contribution in [2.24, 2.45) is 0 Å². The monoisotopic (exact) mass is 264 g/mol. The highest BCUT2D eigenvalue weighted by Gasteiger charge is 2.21. The fourth-order valence-electron chi connectivity index (χ4n) is 2.65. The fraction of sp³-hybridized carbons (Fsp3) is 0.600. The molecular formula is C15H24N2S. The van der Waals surface area contributed by atoms with Crippen molar-refractivity contribution in [2.45, 2.75) is 30.7 Å². The highest BCUT2D eigenvalue weighted by atomic mass is 32.2. The molecule has 0 aliphatic carbocycles. The number of hydrogen-bond acceptors (Lipinski definition) is 3. The van der Waals surface area contributed by atoms with Crippen molar-refractivity contribution in [2.75, 3.05) is 32.4 Å². The molecule has 0 aromatic heterocycles. The van der Waals surface area contributed by atoms with Gasteiger partial charge in [0, 0.05) is 37.1 Å². The molecule has 2 nitrogen and oxygen atoms in total. The van der Waals surface area contributed by atoms with E-state index < -0.39 is 0 Å². The van der Waals surface area contributed by atoms with E-state index in [2.05, 4.69) is 47.7 Å².